The zero-order chi connectivity index (χ0) is 20.1. The number of rotatable bonds is 5. The van der Waals surface area contributed by atoms with Crippen molar-refractivity contribution in [1.82, 2.24) is 9.80 Å². The fraction of sp³-hybridized carbons (Fsp3) is 0.240. The zero-order valence-electron chi connectivity index (χ0n) is 16.4. The molecule has 1 fully saturated rings. The van der Waals surface area contributed by atoms with Crippen LogP contribution < -0.4 is 0 Å². The fourth-order valence-corrected chi connectivity index (χ4v) is 4.68. The number of hydrogen-bond donors (Lipinski definition) is 1. The van der Waals surface area contributed by atoms with Crippen LogP contribution in [0.5, 0.6) is 0 Å². The maximum atomic E-state index is 12.2. The van der Waals surface area contributed by atoms with Gasteiger partial charge in [-0.3, -0.25) is 9.69 Å². The van der Waals surface area contributed by atoms with Gasteiger partial charge in [-0.15, -0.1) is 0 Å². The van der Waals surface area contributed by atoms with Gasteiger partial charge in [-0.25, -0.2) is 0 Å². The molecule has 1 saturated heterocycles. The molecular formula is C25H26N2OS. The Morgan fingerprint density at radius 2 is 1.07 bits per heavy atom. The topological polar surface area (TPSA) is 23.6 Å². The first kappa shape index (κ1) is 19.7. The Morgan fingerprint density at radius 3 is 1.41 bits per heavy atom. The lowest BCUT2D eigenvalue weighted by molar-refractivity contribution is -0.130. The van der Waals surface area contributed by atoms with Gasteiger partial charge in [0.05, 0.1) is 11.3 Å². The van der Waals surface area contributed by atoms with Crippen LogP contribution >= 0.6 is 12.6 Å². The molecule has 1 aliphatic heterocycles. The maximum Gasteiger partial charge on any atom is 0.232 e. The van der Waals surface area contributed by atoms with Crippen molar-refractivity contribution >= 4 is 18.5 Å². The van der Waals surface area contributed by atoms with Gasteiger partial charge in [-0.2, -0.15) is 12.6 Å². The van der Waals surface area contributed by atoms with Crippen LogP contribution in [-0.4, -0.2) is 47.6 Å². The summed E-state index contributed by atoms with van der Waals surface area (Å²) in [5, 5.41) is 0. The monoisotopic (exact) mass is 402 g/mol. The fourth-order valence-electron chi connectivity index (χ4n) is 4.48. The maximum absolute atomic E-state index is 12.2. The van der Waals surface area contributed by atoms with E-state index in [1.165, 1.54) is 16.7 Å². The second-order valence-electron chi connectivity index (χ2n) is 7.33. The van der Waals surface area contributed by atoms with Gasteiger partial charge in [-0.1, -0.05) is 91.0 Å². The molecular weight excluding hydrogens is 376 g/mol. The Kier molecular flexibility index (Phi) is 6.02. The highest BCUT2D eigenvalue weighted by Gasteiger charge is 2.43. The van der Waals surface area contributed by atoms with Gasteiger partial charge in [-0.05, 0) is 16.7 Å². The van der Waals surface area contributed by atoms with Crippen LogP contribution in [0, 0.1) is 0 Å². The lowest BCUT2D eigenvalue weighted by atomic mass is 9.75. The smallest absolute Gasteiger partial charge is 0.232 e. The molecule has 0 N–H and O–H groups in total. The molecule has 3 nitrogen and oxygen atoms in total. The first-order valence-electron chi connectivity index (χ1n) is 10.1. The van der Waals surface area contributed by atoms with E-state index >= 15 is 0 Å². The van der Waals surface area contributed by atoms with Crippen LogP contribution in [0.4, 0.5) is 0 Å². The molecule has 0 bridgehead atoms. The number of carbonyl (C=O) groups excluding carboxylic acids is 1. The summed E-state index contributed by atoms with van der Waals surface area (Å²) in [5.74, 6) is 0.374. The lowest BCUT2D eigenvalue weighted by Crippen LogP contribution is -2.57. The molecule has 4 rings (SSSR count). The molecule has 0 radical (unpaired) electrons. The molecule has 148 valence electrons. The molecule has 0 aliphatic carbocycles. The van der Waals surface area contributed by atoms with Crippen LogP contribution in [0.1, 0.15) is 16.7 Å². The van der Waals surface area contributed by atoms with E-state index in [0.717, 1.165) is 13.1 Å². The summed E-state index contributed by atoms with van der Waals surface area (Å²) in [5.41, 5.74) is 3.32. The largest absolute Gasteiger partial charge is 0.339 e. The van der Waals surface area contributed by atoms with Crippen LogP contribution in [0.2, 0.25) is 0 Å². The van der Waals surface area contributed by atoms with E-state index in [4.69, 9.17) is 0 Å². The van der Waals surface area contributed by atoms with Gasteiger partial charge in [0.25, 0.3) is 0 Å². The van der Waals surface area contributed by atoms with Gasteiger partial charge in [0.15, 0.2) is 0 Å². The Bertz CT molecular complexity index is 826. The van der Waals surface area contributed by atoms with Crippen LogP contribution in [-0.2, 0) is 10.3 Å². The van der Waals surface area contributed by atoms with Crippen molar-refractivity contribution in [3.8, 4) is 0 Å². The van der Waals surface area contributed by atoms with E-state index < -0.39 is 5.54 Å². The highest BCUT2D eigenvalue weighted by atomic mass is 32.1. The highest BCUT2D eigenvalue weighted by molar-refractivity contribution is 7.81. The van der Waals surface area contributed by atoms with Crippen molar-refractivity contribution in [3.63, 3.8) is 0 Å². The van der Waals surface area contributed by atoms with Crippen molar-refractivity contribution in [3.05, 3.63) is 108 Å². The summed E-state index contributed by atoms with van der Waals surface area (Å²) in [6.07, 6.45) is 0. The zero-order valence-corrected chi connectivity index (χ0v) is 17.3. The Morgan fingerprint density at radius 1 is 0.690 bits per heavy atom. The van der Waals surface area contributed by atoms with Gasteiger partial charge in [0.2, 0.25) is 5.91 Å². The molecule has 0 saturated carbocycles. The summed E-state index contributed by atoms with van der Waals surface area (Å²) in [6, 6.07) is 32.1. The summed E-state index contributed by atoms with van der Waals surface area (Å²) in [4.78, 5) is 16.6. The van der Waals surface area contributed by atoms with Gasteiger partial charge >= 0.3 is 0 Å². The van der Waals surface area contributed by atoms with Gasteiger partial charge in [0.1, 0.15) is 0 Å². The first-order chi connectivity index (χ1) is 14.3. The number of nitrogens with zero attached hydrogens (tertiary/aromatic N) is 2. The van der Waals surface area contributed by atoms with E-state index in [9.17, 15) is 4.79 Å². The Labute approximate surface area is 178 Å². The molecule has 29 heavy (non-hydrogen) atoms. The minimum atomic E-state index is -0.403. The van der Waals surface area contributed by atoms with Crippen LogP contribution in [0.3, 0.4) is 0 Å². The first-order valence-corrected chi connectivity index (χ1v) is 10.7. The van der Waals surface area contributed by atoms with Crippen LogP contribution in [0.25, 0.3) is 0 Å². The standard InChI is InChI=1S/C25H26N2OS/c28-24(20-29)26-16-18-27(19-17-26)25(21-10-4-1-5-11-21,22-12-6-2-7-13-22)23-14-8-3-9-15-23/h1-15,29H,16-20H2. The third kappa shape index (κ3) is 3.70. The van der Waals surface area contributed by atoms with E-state index in [0.29, 0.717) is 13.1 Å². The minimum absolute atomic E-state index is 0.109. The van der Waals surface area contributed by atoms with E-state index in [-0.39, 0.29) is 11.7 Å². The molecule has 3 aromatic rings. The second kappa shape index (κ2) is 8.85. The molecule has 0 unspecified atom stereocenters. The lowest BCUT2D eigenvalue weighted by Gasteiger charge is -2.49. The van der Waals surface area contributed by atoms with Crippen molar-refractivity contribution < 1.29 is 4.79 Å². The number of benzene rings is 3. The average Bonchev–Trinajstić information content (AvgIpc) is 2.82. The number of amides is 1. The molecule has 1 heterocycles. The number of thiol groups is 1. The molecule has 0 atom stereocenters. The predicted octanol–water partition coefficient (Wildman–Crippen LogP) is 4.05. The highest BCUT2D eigenvalue weighted by Crippen LogP contribution is 2.42. The third-order valence-electron chi connectivity index (χ3n) is 5.82. The molecule has 0 aromatic heterocycles. The van der Waals surface area contributed by atoms with Crippen molar-refractivity contribution in [2.75, 3.05) is 31.9 Å². The Hall–Kier alpha value is -2.56. The van der Waals surface area contributed by atoms with Crippen molar-refractivity contribution in [1.29, 1.82) is 0 Å². The SMILES string of the molecule is O=C(CS)N1CCN(C(c2ccccc2)(c2ccccc2)c2ccccc2)CC1. The molecule has 1 amide bonds. The average molecular weight is 403 g/mol. The number of hydrogen-bond acceptors (Lipinski definition) is 3. The third-order valence-corrected chi connectivity index (χ3v) is 6.09. The van der Waals surface area contributed by atoms with Gasteiger partial charge in [0, 0.05) is 26.2 Å². The van der Waals surface area contributed by atoms with E-state index in [2.05, 4.69) is 109 Å². The molecule has 3 aromatic carbocycles. The minimum Gasteiger partial charge on any atom is -0.339 e. The molecule has 1 aliphatic rings. The predicted molar refractivity (Wildman–Crippen MR) is 121 cm³/mol. The normalized spacial score (nSPS) is 15.3. The number of piperazine rings is 1. The summed E-state index contributed by atoms with van der Waals surface area (Å²) >= 11 is 4.17. The molecule has 4 heteroatoms. The van der Waals surface area contributed by atoms with Crippen LogP contribution in [0.15, 0.2) is 91.0 Å². The number of carbonyl (C=O) groups is 1. The molecule has 0 spiro atoms. The Balaban J connectivity index is 1.86. The van der Waals surface area contributed by atoms with Crippen molar-refractivity contribution in [2.45, 2.75) is 5.54 Å². The summed E-state index contributed by atoms with van der Waals surface area (Å²) < 4.78 is 0. The summed E-state index contributed by atoms with van der Waals surface area (Å²) in [6.45, 7) is 3.04. The second-order valence-corrected chi connectivity index (χ2v) is 7.65. The van der Waals surface area contributed by atoms with Crippen molar-refractivity contribution in [2.24, 2.45) is 0 Å². The summed E-state index contributed by atoms with van der Waals surface area (Å²) in [7, 11) is 0. The van der Waals surface area contributed by atoms with Gasteiger partial charge < -0.3 is 4.90 Å². The van der Waals surface area contributed by atoms with E-state index in [1.54, 1.807) is 0 Å². The van der Waals surface area contributed by atoms with E-state index in [1.807, 2.05) is 4.90 Å². The quantitative estimate of drug-likeness (QED) is 0.514.